The zero-order valence-corrected chi connectivity index (χ0v) is 21.4. The molecule has 0 radical (unpaired) electrons. The molecule has 5 aromatic rings. The van der Waals surface area contributed by atoms with E-state index in [4.69, 9.17) is 19.3 Å². The first-order chi connectivity index (χ1) is 18.7. The number of para-hydroxylation sites is 1. The smallest absolute Gasteiger partial charge is 0.222 e. The Morgan fingerprint density at radius 1 is 0.868 bits per heavy atom. The highest BCUT2D eigenvalue weighted by molar-refractivity contribution is 5.68. The number of benzene rings is 3. The summed E-state index contributed by atoms with van der Waals surface area (Å²) in [7, 11) is 4.94. The van der Waals surface area contributed by atoms with E-state index in [0.29, 0.717) is 17.4 Å². The minimum absolute atomic E-state index is 0.0286. The van der Waals surface area contributed by atoms with Crippen LogP contribution in [0.2, 0.25) is 0 Å². The fraction of sp³-hybridized carbons (Fsp3) is 0.207. The van der Waals surface area contributed by atoms with E-state index in [-0.39, 0.29) is 12.1 Å². The lowest BCUT2D eigenvalue weighted by atomic mass is 9.92. The number of rotatable bonds is 7. The van der Waals surface area contributed by atoms with Crippen LogP contribution in [0, 0.1) is 0 Å². The summed E-state index contributed by atoms with van der Waals surface area (Å²) >= 11 is 0. The Morgan fingerprint density at radius 2 is 1.66 bits per heavy atom. The first-order valence-electron chi connectivity index (χ1n) is 12.4. The second kappa shape index (κ2) is 9.93. The van der Waals surface area contributed by atoms with Crippen LogP contribution in [-0.2, 0) is 0 Å². The second-order valence-corrected chi connectivity index (χ2v) is 9.03. The van der Waals surface area contributed by atoms with Crippen molar-refractivity contribution in [3.8, 4) is 34.2 Å². The van der Waals surface area contributed by atoms with Crippen molar-refractivity contribution in [2.75, 3.05) is 26.6 Å². The third kappa shape index (κ3) is 4.21. The Kier molecular flexibility index (Phi) is 6.17. The standard InChI is InChI=1S/C29H28N6O3/c1-36-22-12-9-19(10-13-22)24-16-25(35-29(32-24)30-18-31-35)23-17-34(21-7-5-4-6-8-21)33-28(23)20-11-14-26(37-2)27(15-20)38-3/h4-15,17-18,24-25H,16H2,1-3H3,(H,30,31,32)/t24-,25+/m1/s1. The van der Waals surface area contributed by atoms with Gasteiger partial charge < -0.3 is 19.5 Å². The third-order valence-corrected chi connectivity index (χ3v) is 6.93. The molecule has 0 bridgehead atoms. The molecule has 3 heterocycles. The Labute approximate surface area is 220 Å². The van der Waals surface area contributed by atoms with E-state index < -0.39 is 0 Å². The van der Waals surface area contributed by atoms with Gasteiger partial charge >= 0.3 is 0 Å². The Bertz CT molecular complexity index is 1540. The maximum absolute atomic E-state index is 5.61. The van der Waals surface area contributed by atoms with Crippen molar-refractivity contribution in [3.05, 3.63) is 96.4 Å². The zero-order chi connectivity index (χ0) is 26.1. The van der Waals surface area contributed by atoms with Gasteiger partial charge in [0, 0.05) is 17.3 Å². The zero-order valence-electron chi connectivity index (χ0n) is 21.4. The largest absolute Gasteiger partial charge is 0.497 e. The van der Waals surface area contributed by atoms with Crippen LogP contribution in [0.1, 0.15) is 29.6 Å². The predicted octanol–water partition coefficient (Wildman–Crippen LogP) is 5.30. The van der Waals surface area contributed by atoms with Gasteiger partial charge in [0.05, 0.1) is 44.8 Å². The molecule has 3 aromatic carbocycles. The van der Waals surface area contributed by atoms with Crippen LogP contribution in [0.15, 0.2) is 85.3 Å². The molecule has 2 aromatic heterocycles. The van der Waals surface area contributed by atoms with Crippen LogP contribution in [-0.4, -0.2) is 45.9 Å². The van der Waals surface area contributed by atoms with Gasteiger partial charge in [-0.15, -0.1) is 0 Å². The van der Waals surface area contributed by atoms with Crippen LogP contribution in [0.25, 0.3) is 16.9 Å². The van der Waals surface area contributed by atoms with Crippen LogP contribution >= 0.6 is 0 Å². The molecule has 1 aliphatic rings. The molecular weight excluding hydrogens is 480 g/mol. The lowest BCUT2D eigenvalue weighted by Crippen LogP contribution is -2.28. The number of nitrogens with one attached hydrogen (secondary N) is 1. The summed E-state index contributed by atoms with van der Waals surface area (Å²) in [5, 5.41) is 13.2. The molecule has 0 saturated heterocycles. The fourth-order valence-corrected chi connectivity index (χ4v) is 4.99. The maximum Gasteiger partial charge on any atom is 0.222 e. The van der Waals surface area contributed by atoms with Crippen molar-refractivity contribution in [3.63, 3.8) is 0 Å². The molecular formula is C29H28N6O3. The molecule has 6 rings (SSSR count). The highest BCUT2D eigenvalue weighted by Gasteiger charge is 2.33. The van der Waals surface area contributed by atoms with E-state index in [0.717, 1.165) is 40.2 Å². The van der Waals surface area contributed by atoms with Crippen molar-refractivity contribution >= 4 is 5.95 Å². The second-order valence-electron chi connectivity index (χ2n) is 9.03. The molecule has 2 atom stereocenters. The molecule has 0 aliphatic carbocycles. The molecule has 38 heavy (non-hydrogen) atoms. The summed E-state index contributed by atoms with van der Waals surface area (Å²) in [6.45, 7) is 0. The van der Waals surface area contributed by atoms with Crippen molar-refractivity contribution in [1.82, 2.24) is 24.5 Å². The van der Waals surface area contributed by atoms with Gasteiger partial charge in [0.1, 0.15) is 12.1 Å². The van der Waals surface area contributed by atoms with Crippen molar-refractivity contribution in [2.45, 2.75) is 18.5 Å². The first-order valence-corrected chi connectivity index (χ1v) is 12.4. The molecule has 0 unspecified atom stereocenters. The first kappa shape index (κ1) is 23.6. The average molecular weight is 509 g/mol. The quantitative estimate of drug-likeness (QED) is 0.319. The van der Waals surface area contributed by atoms with E-state index >= 15 is 0 Å². The number of hydrogen-bond acceptors (Lipinski definition) is 7. The molecule has 9 heteroatoms. The van der Waals surface area contributed by atoms with Crippen LogP contribution < -0.4 is 19.5 Å². The molecule has 0 spiro atoms. The van der Waals surface area contributed by atoms with Crippen LogP contribution in [0.5, 0.6) is 17.2 Å². The fourth-order valence-electron chi connectivity index (χ4n) is 4.99. The summed E-state index contributed by atoms with van der Waals surface area (Å²) in [6, 6.07) is 24.0. The summed E-state index contributed by atoms with van der Waals surface area (Å²) in [5.74, 6) is 2.85. The molecule has 1 aliphatic heterocycles. The number of anilines is 1. The summed E-state index contributed by atoms with van der Waals surface area (Å²) in [6.07, 6.45) is 4.43. The number of ether oxygens (including phenoxy) is 3. The van der Waals surface area contributed by atoms with E-state index in [1.807, 2.05) is 70.0 Å². The summed E-state index contributed by atoms with van der Waals surface area (Å²) in [5.41, 5.74) is 4.92. The van der Waals surface area contributed by atoms with Crippen LogP contribution in [0.4, 0.5) is 5.95 Å². The van der Waals surface area contributed by atoms with Gasteiger partial charge in [-0.2, -0.15) is 15.2 Å². The Balaban J connectivity index is 1.48. The summed E-state index contributed by atoms with van der Waals surface area (Å²) < 4.78 is 20.3. The normalized spacial score (nSPS) is 16.4. The van der Waals surface area contributed by atoms with Crippen molar-refractivity contribution in [1.29, 1.82) is 0 Å². The van der Waals surface area contributed by atoms with E-state index in [1.165, 1.54) is 0 Å². The monoisotopic (exact) mass is 508 g/mol. The molecule has 1 N–H and O–H groups in total. The van der Waals surface area contributed by atoms with Crippen molar-refractivity contribution in [2.24, 2.45) is 0 Å². The third-order valence-electron chi connectivity index (χ3n) is 6.93. The van der Waals surface area contributed by atoms with E-state index in [2.05, 4.69) is 33.7 Å². The minimum Gasteiger partial charge on any atom is -0.497 e. The lowest BCUT2D eigenvalue weighted by molar-refractivity contribution is 0.355. The highest BCUT2D eigenvalue weighted by Crippen LogP contribution is 2.42. The molecule has 9 nitrogen and oxygen atoms in total. The van der Waals surface area contributed by atoms with Gasteiger partial charge in [0.15, 0.2) is 11.5 Å². The van der Waals surface area contributed by atoms with Gasteiger partial charge in [-0.05, 0) is 54.4 Å². The Hall–Kier alpha value is -4.79. The maximum atomic E-state index is 5.61. The minimum atomic E-state index is -0.110. The van der Waals surface area contributed by atoms with E-state index in [9.17, 15) is 0 Å². The Morgan fingerprint density at radius 3 is 2.39 bits per heavy atom. The van der Waals surface area contributed by atoms with Gasteiger partial charge in [0.25, 0.3) is 0 Å². The SMILES string of the molecule is COc1ccc([C@H]2C[C@@H](c3cn(-c4ccccc4)nc3-c3ccc(OC)c(OC)c3)n3ncnc3N2)cc1. The molecule has 0 amide bonds. The van der Waals surface area contributed by atoms with Crippen molar-refractivity contribution < 1.29 is 14.2 Å². The number of aromatic nitrogens is 5. The number of methoxy groups -OCH3 is 3. The molecule has 0 fully saturated rings. The highest BCUT2D eigenvalue weighted by atomic mass is 16.5. The van der Waals surface area contributed by atoms with Gasteiger partial charge in [0.2, 0.25) is 5.95 Å². The topological polar surface area (TPSA) is 88.2 Å². The van der Waals surface area contributed by atoms with Crippen LogP contribution in [0.3, 0.4) is 0 Å². The summed E-state index contributed by atoms with van der Waals surface area (Å²) in [4.78, 5) is 4.51. The van der Waals surface area contributed by atoms with Gasteiger partial charge in [-0.1, -0.05) is 30.3 Å². The lowest BCUT2D eigenvalue weighted by Gasteiger charge is -2.31. The number of hydrogen-bond donors (Lipinski definition) is 1. The predicted molar refractivity (Wildman–Crippen MR) is 144 cm³/mol. The number of nitrogens with zero attached hydrogens (tertiary/aromatic N) is 5. The van der Waals surface area contributed by atoms with Gasteiger partial charge in [-0.3, -0.25) is 0 Å². The number of fused-ring (bicyclic) bond motifs is 1. The molecule has 192 valence electrons. The van der Waals surface area contributed by atoms with Gasteiger partial charge in [-0.25, -0.2) is 9.36 Å². The van der Waals surface area contributed by atoms with E-state index in [1.54, 1.807) is 27.7 Å². The average Bonchev–Trinajstić information content (AvgIpc) is 3.65. The molecule has 0 saturated carbocycles.